The zero-order chi connectivity index (χ0) is 26.9. The molecule has 0 aliphatic carbocycles. The molecule has 0 saturated carbocycles. The number of carbonyl (C=O) groups excluding carboxylic acids is 2. The second-order valence-electron chi connectivity index (χ2n) is 8.94. The molecule has 2 amide bonds. The summed E-state index contributed by atoms with van der Waals surface area (Å²) in [5.74, 6) is 0.438. The Morgan fingerprint density at radius 1 is 0.868 bits per heavy atom. The predicted octanol–water partition coefficient (Wildman–Crippen LogP) is 4.80. The maximum absolute atomic E-state index is 13.3. The molecule has 1 heterocycles. The van der Waals surface area contributed by atoms with Crippen LogP contribution in [0.5, 0.6) is 5.75 Å². The van der Waals surface area contributed by atoms with Gasteiger partial charge in [-0.3, -0.25) is 9.59 Å². The zero-order valence-electron chi connectivity index (χ0n) is 21.7. The molecule has 38 heavy (non-hydrogen) atoms. The molecule has 1 saturated heterocycles. The molecule has 0 atom stereocenters. The first-order valence-corrected chi connectivity index (χ1v) is 13.4. The van der Waals surface area contributed by atoms with Gasteiger partial charge in [-0.15, -0.1) is 0 Å². The molecule has 4 rings (SSSR count). The summed E-state index contributed by atoms with van der Waals surface area (Å²) in [6.45, 7) is 4.14. The molecule has 0 spiro atoms. The summed E-state index contributed by atoms with van der Waals surface area (Å²) >= 11 is 3.39. The van der Waals surface area contributed by atoms with Crippen LogP contribution in [0.3, 0.4) is 0 Å². The number of hydrogen-bond donors (Lipinski definition) is 2. The van der Waals surface area contributed by atoms with E-state index in [4.69, 9.17) is 9.47 Å². The molecule has 3 aromatic carbocycles. The van der Waals surface area contributed by atoms with Crippen LogP contribution in [0, 0.1) is 0 Å². The largest absolute Gasteiger partial charge is 0.495 e. The highest BCUT2D eigenvalue weighted by Crippen LogP contribution is 2.31. The van der Waals surface area contributed by atoms with E-state index in [1.165, 1.54) is 0 Å². The maximum atomic E-state index is 13.3. The number of nitrogens with zero attached hydrogens (tertiary/aromatic N) is 2. The number of benzene rings is 3. The molecule has 0 bridgehead atoms. The summed E-state index contributed by atoms with van der Waals surface area (Å²) in [6.07, 6.45) is 0.717. The Hall–Kier alpha value is -3.56. The summed E-state index contributed by atoms with van der Waals surface area (Å²) in [5, 5.41) is 5.92. The lowest BCUT2D eigenvalue weighted by atomic mass is 10.1. The van der Waals surface area contributed by atoms with E-state index in [0.717, 1.165) is 54.2 Å². The third-order valence-corrected chi connectivity index (χ3v) is 6.99. The molecule has 200 valence electrons. The molecule has 2 N–H and O–H groups in total. The molecule has 8 nitrogen and oxygen atoms in total. The summed E-state index contributed by atoms with van der Waals surface area (Å²) in [7, 11) is 3.33. The topological polar surface area (TPSA) is 83.1 Å². The number of nitrogens with one attached hydrogen (secondary N) is 2. The Balaban J connectivity index is 1.52. The first-order chi connectivity index (χ1) is 18.5. The minimum Gasteiger partial charge on any atom is -0.495 e. The van der Waals surface area contributed by atoms with Crippen LogP contribution in [0.4, 0.5) is 17.1 Å². The molecule has 0 radical (unpaired) electrons. The van der Waals surface area contributed by atoms with Crippen molar-refractivity contribution in [2.24, 2.45) is 0 Å². The number of anilines is 3. The lowest BCUT2D eigenvalue weighted by Gasteiger charge is -2.38. The lowest BCUT2D eigenvalue weighted by molar-refractivity contribution is 0.0947. The van der Waals surface area contributed by atoms with Gasteiger partial charge in [-0.25, -0.2) is 0 Å². The molecular formula is C29H33BrN4O4. The van der Waals surface area contributed by atoms with Crippen molar-refractivity contribution in [3.05, 3.63) is 82.3 Å². The minimum atomic E-state index is -0.234. The average molecular weight is 582 g/mol. The highest BCUT2D eigenvalue weighted by molar-refractivity contribution is 9.10. The molecule has 9 heteroatoms. The number of amides is 2. The molecule has 1 aliphatic rings. The maximum Gasteiger partial charge on any atom is 0.255 e. The zero-order valence-corrected chi connectivity index (χ0v) is 23.3. The van der Waals surface area contributed by atoms with Crippen molar-refractivity contribution in [1.29, 1.82) is 0 Å². The van der Waals surface area contributed by atoms with Crippen LogP contribution in [0.1, 0.15) is 27.1 Å². The van der Waals surface area contributed by atoms with Gasteiger partial charge in [-0.2, -0.15) is 0 Å². The van der Waals surface area contributed by atoms with E-state index >= 15 is 0 Å². The number of methoxy groups -OCH3 is 2. The van der Waals surface area contributed by atoms with Crippen LogP contribution >= 0.6 is 15.9 Å². The van der Waals surface area contributed by atoms with Gasteiger partial charge in [-0.05, 0) is 61.0 Å². The standard InChI is InChI=1S/C29H33BrN4O4/c1-37-19-5-14-31-29(36)24-20-23(32-28(35)21-8-10-22(30)11-9-21)12-13-25(24)33-15-17-34(18-16-33)26-6-3-4-7-27(26)38-2/h3-4,6-13,20H,5,14-19H2,1-2H3,(H,31,36)(H,32,35). The fourth-order valence-electron chi connectivity index (χ4n) is 4.47. The number of rotatable bonds is 10. The summed E-state index contributed by atoms with van der Waals surface area (Å²) in [6, 6.07) is 20.7. The van der Waals surface area contributed by atoms with Gasteiger partial charge in [0.1, 0.15) is 5.75 Å². The van der Waals surface area contributed by atoms with E-state index in [2.05, 4.69) is 42.4 Å². The molecule has 3 aromatic rings. The van der Waals surface area contributed by atoms with Crippen molar-refractivity contribution in [1.82, 2.24) is 5.32 Å². The lowest BCUT2D eigenvalue weighted by Crippen LogP contribution is -2.47. The first kappa shape index (κ1) is 27.5. The number of halogens is 1. The minimum absolute atomic E-state index is 0.178. The Kier molecular flexibility index (Phi) is 9.62. The van der Waals surface area contributed by atoms with Gasteiger partial charge in [0.2, 0.25) is 0 Å². The van der Waals surface area contributed by atoms with E-state index in [1.54, 1.807) is 32.4 Å². The molecule has 1 fully saturated rings. The van der Waals surface area contributed by atoms with E-state index in [9.17, 15) is 9.59 Å². The van der Waals surface area contributed by atoms with Gasteiger partial charge in [0.15, 0.2) is 0 Å². The fraction of sp³-hybridized carbons (Fsp3) is 0.310. The van der Waals surface area contributed by atoms with Gasteiger partial charge in [-0.1, -0.05) is 28.1 Å². The van der Waals surface area contributed by atoms with Crippen LogP contribution in [-0.4, -0.2) is 65.4 Å². The summed E-state index contributed by atoms with van der Waals surface area (Å²) < 4.78 is 11.5. The molecule has 0 unspecified atom stereocenters. The third-order valence-electron chi connectivity index (χ3n) is 6.46. The second kappa shape index (κ2) is 13.3. The third kappa shape index (κ3) is 6.85. The van der Waals surface area contributed by atoms with E-state index in [1.807, 2.05) is 42.5 Å². The van der Waals surface area contributed by atoms with E-state index < -0.39 is 0 Å². The summed E-state index contributed by atoms with van der Waals surface area (Å²) in [4.78, 5) is 30.6. The molecule has 0 aromatic heterocycles. The number of para-hydroxylation sites is 2. The normalized spacial score (nSPS) is 13.2. The Labute approximate surface area is 232 Å². The number of carbonyl (C=O) groups is 2. The van der Waals surface area contributed by atoms with E-state index in [0.29, 0.717) is 30.0 Å². The van der Waals surface area contributed by atoms with Crippen LogP contribution in [-0.2, 0) is 4.74 Å². The summed E-state index contributed by atoms with van der Waals surface area (Å²) in [5.41, 5.74) is 3.54. The highest BCUT2D eigenvalue weighted by atomic mass is 79.9. The van der Waals surface area contributed by atoms with Gasteiger partial charge in [0.05, 0.1) is 18.4 Å². The van der Waals surface area contributed by atoms with Crippen molar-refractivity contribution in [3.63, 3.8) is 0 Å². The van der Waals surface area contributed by atoms with Gasteiger partial charge >= 0.3 is 0 Å². The van der Waals surface area contributed by atoms with Crippen LogP contribution in [0.15, 0.2) is 71.2 Å². The van der Waals surface area contributed by atoms with Gasteiger partial charge < -0.3 is 29.9 Å². The quantitative estimate of drug-likeness (QED) is 0.335. The van der Waals surface area contributed by atoms with Crippen LogP contribution in [0.2, 0.25) is 0 Å². The SMILES string of the molecule is COCCCNC(=O)c1cc(NC(=O)c2ccc(Br)cc2)ccc1N1CCN(c2ccccc2OC)CC1. The number of ether oxygens (including phenoxy) is 2. The highest BCUT2D eigenvalue weighted by Gasteiger charge is 2.24. The van der Waals surface area contributed by atoms with Crippen LogP contribution < -0.4 is 25.2 Å². The second-order valence-corrected chi connectivity index (χ2v) is 9.86. The van der Waals surface area contributed by atoms with Crippen molar-refractivity contribution in [2.75, 3.05) is 68.7 Å². The Bertz CT molecular complexity index is 1240. The average Bonchev–Trinajstić information content (AvgIpc) is 2.95. The predicted molar refractivity (Wildman–Crippen MR) is 155 cm³/mol. The van der Waals surface area contributed by atoms with Crippen molar-refractivity contribution in [2.45, 2.75) is 6.42 Å². The van der Waals surface area contributed by atoms with Crippen molar-refractivity contribution in [3.8, 4) is 5.75 Å². The molecular weight excluding hydrogens is 548 g/mol. The smallest absolute Gasteiger partial charge is 0.255 e. The van der Waals surface area contributed by atoms with Crippen molar-refractivity contribution < 1.29 is 19.1 Å². The van der Waals surface area contributed by atoms with Crippen molar-refractivity contribution >= 4 is 44.8 Å². The molecule has 1 aliphatic heterocycles. The van der Waals surface area contributed by atoms with E-state index in [-0.39, 0.29) is 11.8 Å². The number of hydrogen-bond acceptors (Lipinski definition) is 6. The van der Waals surface area contributed by atoms with Gasteiger partial charge in [0, 0.05) is 67.9 Å². The van der Waals surface area contributed by atoms with Gasteiger partial charge in [0.25, 0.3) is 11.8 Å². The number of piperazine rings is 1. The van der Waals surface area contributed by atoms with Crippen LogP contribution in [0.25, 0.3) is 0 Å². The Morgan fingerprint density at radius 3 is 2.24 bits per heavy atom. The fourth-order valence-corrected chi connectivity index (χ4v) is 4.73. The first-order valence-electron chi connectivity index (χ1n) is 12.6. The Morgan fingerprint density at radius 2 is 1.55 bits per heavy atom. The monoisotopic (exact) mass is 580 g/mol.